The van der Waals surface area contributed by atoms with E-state index in [1.54, 1.807) is 6.08 Å². The fourth-order valence-electron chi connectivity index (χ4n) is 1.62. The Morgan fingerprint density at radius 1 is 1.57 bits per heavy atom. The van der Waals surface area contributed by atoms with Crippen molar-refractivity contribution in [1.29, 1.82) is 0 Å². The Morgan fingerprint density at radius 2 is 2.36 bits per heavy atom. The largest absolute Gasteiger partial charge is 0.302 e. The molecule has 4 heteroatoms. The summed E-state index contributed by atoms with van der Waals surface area (Å²) in [6, 6.07) is 0. The highest BCUT2D eigenvalue weighted by atomic mass is 32.2. The van der Waals surface area contributed by atoms with Crippen LogP contribution in [0.2, 0.25) is 0 Å². The molecule has 0 radical (unpaired) electrons. The maximum atomic E-state index is 10.8. The number of nitrogens with zero attached hydrogens (tertiary/aromatic N) is 1. The summed E-state index contributed by atoms with van der Waals surface area (Å²) in [5.74, 6) is 0.0867. The number of allylic oxidation sites excluding steroid dienone is 3. The van der Waals surface area contributed by atoms with Gasteiger partial charge in [0.1, 0.15) is 0 Å². The van der Waals surface area contributed by atoms with Gasteiger partial charge in [-0.05, 0) is 6.92 Å². The molecule has 3 unspecified atom stereocenters. The zero-order valence-electron chi connectivity index (χ0n) is 7.75. The molecule has 0 amide bonds. The molecule has 0 fully saturated rings. The van der Waals surface area contributed by atoms with E-state index < -0.39 is 11.1 Å². The van der Waals surface area contributed by atoms with Gasteiger partial charge in [-0.25, -0.2) is 4.21 Å². The van der Waals surface area contributed by atoms with Crippen molar-refractivity contribution in [2.75, 3.05) is 0 Å². The summed E-state index contributed by atoms with van der Waals surface area (Å²) < 4.78 is 19.8. The summed E-state index contributed by atoms with van der Waals surface area (Å²) in [4.78, 5) is 4.68. The molecular weight excluding hydrogens is 198 g/mol. The van der Waals surface area contributed by atoms with E-state index in [1.165, 1.54) is 6.21 Å². The minimum Gasteiger partial charge on any atom is -0.302 e. The van der Waals surface area contributed by atoms with Crippen molar-refractivity contribution in [3.05, 3.63) is 35.3 Å². The minimum absolute atomic E-state index is 0.0867. The second-order valence-corrected chi connectivity index (χ2v) is 4.54. The molecule has 3 atom stereocenters. The van der Waals surface area contributed by atoms with Crippen LogP contribution < -0.4 is 0 Å². The van der Waals surface area contributed by atoms with E-state index >= 15 is 0 Å². The topological polar surface area (TPSA) is 49.7 Å². The molecule has 3 nitrogen and oxygen atoms in total. The predicted molar refractivity (Wildman–Crippen MR) is 57.5 cm³/mol. The van der Waals surface area contributed by atoms with Crippen LogP contribution in [-0.4, -0.2) is 20.5 Å². The first-order valence-electron chi connectivity index (χ1n) is 4.36. The van der Waals surface area contributed by atoms with Gasteiger partial charge in [0.2, 0.25) is 0 Å². The van der Waals surface area contributed by atoms with E-state index in [9.17, 15) is 4.21 Å². The van der Waals surface area contributed by atoms with Gasteiger partial charge in [-0.3, -0.25) is 4.99 Å². The average molecular weight is 209 g/mol. The van der Waals surface area contributed by atoms with Gasteiger partial charge in [0, 0.05) is 12.1 Å². The molecule has 2 rings (SSSR count). The quantitative estimate of drug-likeness (QED) is 0.668. The zero-order chi connectivity index (χ0) is 10.2. The normalized spacial score (nSPS) is 36.4. The van der Waals surface area contributed by atoms with Crippen LogP contribution in [0, 0.1) is 5.92 Å². The molecule has 1 heterocycles. The van der Waals surface area contributed by atoms with E-state index in [2.05, 4.69) is 4.99 Å². The van der Waals surface area contributed by atoms with Crippen LogP contribution in [0.3, 0.4) is 0 Å². The molecule has 1 aliphatic heterocycles. The highest BCUT2D eigenvalue weighted by Gasteiger charge is 2.32. The maximum Gasteiger partial charge on any atom is 0.187 e. The van der Waals surface area contributed by atoms with Gasteiger partial charge in [0.05, 0.1) is 10.4 Å². The second-order valence-electron chi connectivity index (χ2n) is 3.57. The molecule has 1 aliphatic carbocycles. The van der Waals surface area contributed by atoms with Crippen LogP contribution in [0.5, 0.6) is 0 Å². The third kappa shape index (κ3) is 1.51. The predicted octanol–water partition coefficient (Wildman–Crippen LogP) is 1.68. The maximum absolute atomic E-state index is 10.8. The van der Waals surface area contributed by atoms with Gasteiger partial charge in [-0.2, -0.15) is 0 Å². The van der Waals surface area contributed by atoms with Crippen molar-refractivity contribution in [2.45, 2.75) is 12.5 Å². The first-order chi connectivity index (χ1) is 6.62. The van der Waals surface area contributed by atoms with Gasteiger partial charge >= 0.3 is 0 Å². The fraction of sp³-hybridized carbons (Fsp3) is 0.300. The van der Waals surface area contributed by atoms with E-state index in [0.29, 0.717) is 4.91 Å². The van der Waals surface area contributed by atoms with Crippen molar-refractivity contribution in [3.8, 4) is 0 Å². The molecule has 0 spiro atoms. The smallest absolute Gasteiger partial charge is 0.187 e. The lowest BCUT2D eigenvalue weighted by molar-refractivity contribution is 0.493. The fourth-order valence-corrected chi connectivity index (χ4v) is 2.03. The van der Waals surface area contributed by atoms with Gasteiger partial charge in [0.15, 0.2) is 11.1 Å². The van der Waals surface area contributed by atoms with Gasteiger partial charge in [-0.15, -0.1) is 0 Å². The number of hydrogen-bond acceptors (Lipinski definition) is 2. The van der Waals surface area contributed by atoms with Gasteiger partial charge in [-0.1, -0.05) is 30.4 Å². The molecule has 0 saturated carbocycles. The lowest BCUT2D eigenvalue weighted by atomic mass is 9.81. The number of hydrogen-bond donors (Lipinski definition) is 1. The molecule has 2 aliphatic rings. The van der Waals surface area contributed by atoms with Crippen LogP contribution in [0.1, 0.15) is 6.92 Å². The number of rotatable bonds is 1. The van der Waals surface area contributed by atoms with Crippen molar-refractivity contribution < 1.29 is 8.76 Å². The molecule has 0 aromatic rings. The molecular formula is C10H11NO2S. The molecule has 0 aromatic heterocycles. The monoisotopic (exact) mass is 209 g/mol. The summed E-state index contributed by atoms with van der Waals surface area (Å²) in [6.07, 6.45) is 11.1. The third-order valence-electron chi connectivity index (χ3n) is 2.55. The molecule has 14 heavy (non-hydrogen) atoms. The second kappa shape index (κ2) is 3.29. The summed E-state index contributed by atoms with van der Waals surface area (Å²) in [7, 11) is 0. The van der Waals surface area contributed by atoms with Crippen LogP contribution in [0.4, 0.5) is 0 Å². The highest BCUT2D eigenvalue weighted by Crippen LogP contribution is 2.32. The summed E-state index contributed by atoms with van der Waals surface area (Å²) in [5.41, 5.74) is -0.280. The third-order valence-corrected chi connectivity index (χ3v) is 3.20. The first kappa shape index (κ1) is 9.55. The molecule has 0 bridgehead atoms. The van der Waals surface area contributed by atoms with E-state index in [0.717, 1.165) is 0 Å². The zero-order valence-corrected chi connectivity index (χ0v) is 8.57. The molecule has 1 N–H and O–H groups in total. The van der Waals surface area contributed by atoms with Gasteiger partial charge in [0.25, 0.3) is 0 Å². The lowest BCUT2D eigenvalue weighted by Gasteiger charge is -2.32. The SMILES string of the molecule is CC12C=CC=CC1C=C(S(=O)O)C=N2. The van der Waals surface area contributed by atoms with Gasteiger partial charge < -0.3 is 4.55 Å². The first-order valence-corrected chi connectivity index (χ1v) is 5.46. The molecule has 74 valence electrons. The Kier molecular flexibility index (Phi) is 2.25. The lowest BCUT2D eigenvalue weighted by Crippen LogP contribution is -2.32. The highest BCUT2D eigenvalue weighted by molar-refractivity contribution is 7.84. The van der Waals surface area contributed by atoms with Crippen LogP contribution in [-0.2, 0) is 11.1 Å². The Balaban J connectivity index is 2.37. The van der Waals surface area contributed by atoms with Crippen molar-refractivity contribution >= 4 is 17.3 Å². The average Bonchev–Trinajstić information content (AvgIpc) is 2.16. The van der Waals surface area contributed by atoms with Crippen LogP contribution in [0.15, 0.2) is 40.3 Å². The number of dihydropyridines is 1. The Morgan fingerprint density at radius 3 is 3.07 bits per heavy atom. The summed E-state index contributed by atoms with van der Waals surface area (Å²) in [5, 5.41) is 0. The van der Waals surface area contributed by atoms with Crippen LogP contribution >= 0.6 is 0 Å². The standard InChI is InChI=1S/C10H11NO2S/c1-10-5-3-2-4-8(10)6-9(7-11-10)14(12)13/h2-8H,1H3,(H,12,13). The van der Waals surface area contributed by atoms with Crippen molar-refractivity contribution in [2.24, 2.45) is 10.9 Å². The van der Waals surface area contributed by atoms with E-state index in [-0.39, 0.29) is 11.5 Å². The van der Waals surface area contributed by atoms with Crippen LogP contribution in [0.25, 0.3) is 0 Å². The van der Waals surface area contributed by atoms with Crippen molar-refractivity contribution in [3.63, 3.8) is 0 Å². The Labute approximate surface area is 85.2 Å². The Hall–Kier alpha value is -1.00. The molecule has 0 saturated heterocycles. The van der Waals surface area contributed by atoms with Crippen molar-refractivity contribution in [1.82, 2.24) is 0 Å². The Bertz CT molecular complexity index is 395. The number of aliphatic imine (C=N–C) groups is 1. The van der Waals surface area contributed by atoms with E-state index in [4.69, 9.17) is 4.55 Å². The summed E-state index contributed by atoms with van der Waals surface area (Å²) >= 11 is -1.93. The minimum atomic E-state index is -1.93. The number of fused-ring (bicyclic) bond motifs is 1. The summed E-state index contributed by atoms with van der Waals surface area (Å²) in [6.45, 7) is 2.00. The van der Waals surface area contributed by atoms with E-state index in [1.807, 2.05) is 31.2 Å². The molecule has 0 aromatic carbocycles.